The van der Waals surface area contributed by atoms with Crippen LogP contribution in [0.2, 0.25) is 0 Å². The number of aromatic hydroxyl groups is 1. The van der Waals surface area contributed by atoms with Crippen molar-refractivity contribution in [3.05, 3.63) is 76.3 Å². The minimum absolute atomic E-state index is 0.0600. The number of amides is 1. The van der Waals surface area contributed by atoms with Gasteiger partial charge in [0, 0.05) is 28.6 Å². The van der Waals surface area contributed by atoms with E-state index in [4.69, 9.17) is 5.11 Å². The fraction of sp³-hybridized carbons (Fsp3) is 0.105. The van der Waals surface area contributed by atoms with Gasteiger partial charge in [0.1, 0.15) is 5.75 Å². The lowest BCUT2D eigenvalue weighted by Crippen LogP contribution is -2.25. The molecule has 0 saturated heterocycles. The Morgan fingerprint density at radius 3 is 2.46 bits per heavy atom. The number of carboxylic acids is 1. The Labute approximate surface area is 158 Å². The molecule has 0 aliphatic carbocycles. The van der Waals surface area contributed by atoms with Crippen LogP contribution in [0.25, 0.3) is 0 Å². The molecular formula is C19H15BrN2O4. The third kappa shape index (κ3) is 3.83. The summed E-state index contributed by atoms with van der Waals surface area (Å²) in [6.07, 6.45) is 2.15. The molecule has 0 saturated carbocycles. The van der Waals surface area contributed by atoms with Crippen molar-refractivity contribution in [2.75, 3.05) is 0 Å². The molecule has 0 radical (unpaired) electrons. The largest absolute Gasteiger partial charge is 0.508 e. The van der Waals surface area contributed by atoms with Gasteiger partial charge >= 0.3 is 5.97 Å². The molecule has 2 aromatic rings. The van der Waals surface area contributed by atoms with Crippen molar-refractivity contribution in [2.45, 2.75) is 12.5 Å². The normalized spacial score (nSPS) is 16.7. The van der Waals surface area contributed by atoms with Crippen LogP contribution in [-0.2, 0) is 9.59 Å². The quantitative estimate of drug-likeness (QED) is 0.749. The summed E-state index contributed by atoms with van der Waals surface area (Å²) in [4.78, 5) is 23.2. The smallest absolute Gasteiger partial charge is 0.328 e. The third-order valence-electron chi connectivity index (χ3n) is 3.98. The highest BCUT2D eigenvalue weighted by molar-refractivity contribution is 9.10. The van der Waals surface area contributed by atoms with Crippen LogP contribution < -0.4 is 0 Å². The van der Waals surface area contributed by atoms with E-state index >= 15 is 0 Å². The second-order valence-corrected chi connectivity index (χ2v) is 6.60. The van der Waals surface area contributed by atoms with Gasteiger partial charge in [-0.05, 0) is 23.8 Å². The average Bonchev–Trinajstić information content (AvgIpc) is 3.06. The van der Waals surface area contributed by atoms with Crippen molar-refractivity contribution in [1.82, 2.24) is 5.01 Å². The third-order valence-corrected chi connectivity index (χ3v) is 4.51. The van der Waals surface area contributed by atoms with E-state index in [0.717, 1.165) is 22.2 Å². The maximum atomic E-state index is 12.5. The van der Waals surface area contributed by atoms with E-state index in [1.807, 2.05) is 24.3 Å². The summed E-state index contributed by atoms with van der Waals surface area (Å²) in [6, 6.07) is 13.7. The number of aliphatic carboxylic acids is 1. The second kappa shape index (κ2) is 7.53. The Morgan fingerprint density at radius 2 is 1.81 bits per heavy atom. The van der Waals surface area contributed by atoms with Crippen LogP contribution in [-0.4, -0.2) is 32.8 Å². The molecule has 6 nitrogen and oxygen atoms in total. The minimum Gasteiger partial charge on any atom is -0.508 e. The van der Waals surface area contributed by atoms with Crippen LogP contribution in [0.1, 0.15) is 23.6 Å². The Hall–Kier alpha value is -2.93. The molecule has 7 heteroatoms. The number of carbonyl (C=O) groups excluding carboxylic acids is 1. The van der Waals surface area contributed by atoms with E-state index in [0.29, 0.717) is 17.7 Å². The minimum atomic E-state index is -1.21. The van der Waals surface area contributed by atoms with Crippen LogP contribution in [0.4, 0.5) is 0 Å². The molecule has 2 aromatic carbocycles. The van der Waals surface area contributed by atoms with Gasteiger partial charge in [0.05, 0.1) is 11.8 Å². The van der Waals surface area contributed by atoms with Crippen LogP contribution in [0.5, 0.6) is 5.75 Å². The molecule has 3 rings (SSSR count). The fourth-order valence-electron chi connectivity index (χ4n) is 2.76. The second-order valence-electron chi connectivity index (χ2n) is 5.69. The number of carboxylic acid groups (broad SMARTS) is 1. The van der Waals surface area contributed by atoms with E-state index in [1.54, 1.807) is 24.3 Å². The number of hydrogen-bond donors (Lipinski definition) is 2. The molecule has 26 heavy (non-hydrogen) atoms. The summed E-state index contributed by atoms with van der Waals surface area (Å²) >= 11 is 3.38. The van der Waals surface area contributed by atoms with Crippen LogP contribution in [0.3, 0.4) is 0 Å². The highest BCUT2D eigenvalue weighted by Gasteiger charge is 2.33. The molecular weight excluding hydrogens is 400 g/mol. The van der Waals surface area contributed by atoms with Gasteiger partial charge in [-0.2, -0.15) is 5.10 Å². The molecule has 1 heterocycles. The maximum Gasteiger partial charge on any atom is 0.328 e. The number of benzene rings is 2. The first-order chi connectivity index (χ1) is 12.5. The van der Waals surface area contributed by atoms with Gasteiger partial charge in [0.2, 0.25) is 0 Å². The monoisotopic (exact) mass is 414 g/mol. The highest BCUT2D eigenvalue weighted by atomic mass is 79.9. The molecule has 2 N–H and O–H groups in total. The lowest BCUT2D eigenvalue weighted by molar-refractivity contribution is -0.132. The molecule has 132 valence electrons. The van der Waals surface area contributed by atoms with Crippen molar-refractivity contribution in [1.29, 1.82) is 0 Å². The standard InChI is InChI=1S/C19H15BrN2O4/c20-13-7-5-12(6-8-13)15-11-16(14-3-1-2-4-17(14)23)22(21-15)18(24)9-10-19(25)26/h1-10,16,23H,11H2,(H,25,26)/b10-9+. The van der Waals surface area contributed by atoms with Gasteiger partial charge in [-0.3, -0.25) is 4.79 Å². The molecule has 0 fully saturated rings. The predicted octanol–water partition coefficient (Wildman–Crippen LogP) is 3.47. The van der Waals surface area contributed by atoms with Gasteiger partial charge < -0.3 is 10.2 Å². The Morgan fingerprint density at radius 1 is 1.12 bits per heavy atom. The van der Waals surface area contributed by atoms with Crippen molar-refractivity contribution < 1.29 is 19.8 Å². The lowest BCUT2D eigenvalue weighted by atomic mass is 9.98. The number of para-hydroxylation sites is 1. The van der Waals surface area contributed by atoms with E-state index in [1.165, 1.54) is 5.01 Å². The number of carbonyl (C=O) groups is 2. The fourth-order valence-corrected chi connectivity index (χ4v) is 3.03. The number of hydrogen-bond acceptors (Lipinski definition) is 4. The summed E-state index contributed by atoms with van der Waals surface area (Å²) in [5.74, 6) is -1.72. The predicted molar refractivity (Wildman–Crippen MR) is 99.8 cm³/mol. The summed E-state index contributed by atoms with van der Waals surface area (Å²) in [5.41, 5.74) is 2.09. The number of halogens is 1. The SMILES string of the molecule is O=C(O)/C=C/C(=O)N1N=C(c2ccc(Br)cc2)CC1c1ccccc1O. The number of rotatable bonds is 4. The Kier molecular flexibility index (Phi) is 5.18. The Bertz CT molecular complexity index is 906. The zero-order valence-electron chi connectivity index (χ0n) is 13.5. The summed E-state index contributed by atoms with van der Waals surface area (Å²) in [7, 11) is 0. The molecule has 1 unspecified atom stereocenters. The average molecular weight is 415 g/mol. The zero-order valence-corrected chi connectivity index (χ0v) is 15.1. The van der Waals surface area contributed by atoms with Gasteiger partial charge in [-0.25, -0.2) is 9.80 Å². The molecule has 1 amide bonds. The number of phenolic OH excluding ortho intramolecular Hbond substituents is 1. The van der Waals surface area contributed by atoms with Gasteiger partial charge in [-0.1, -0.05) is 46.3 Å². The first kappa shape index (κ1) is 17.9. The summed E-state index contributed by atoms with van der Waals surface area (Å²) in [6.45, 7) is 0. The van der Waals surface area contributed by atoms with Crippen molar-refractivity contribution in [2.24, 2.45) is 5.10 Å². The molecule has 0 spiro atoms. The number of nitrogens with zero attached hydrogens (tertiary/aromatic N) is 2. The van der Waals surface area contributed by atoms with Crippen molar-refractivity contribution in [3.63, 3.8) is 0 Å². The lowest BCUT2D eigenvalue weighted by Gasteiger charge is -2.21. The van der Waals surface area contributed by atoms with Gasteiger partial charge in [0.25, 0.3) is 5.91 Å². The van der Waals surface area contributed by atoms with Crippen molar-refractivity contribution in [3.8, 4) is 5.75 Å². The van der Waals surface area contributed by atoms with Gasteiger partial charge in [0.15, 0.2) is 0 Å². The van der Waals surface area contributed by atoms with Crippen molar-refractivity contribution >= 4 is 33.5 Å². The Balaban J connectivity index is 1.98. The topological polar surface area (TPSA) is 90.2 Å². The van der Waals surface area contributed by atoms with Crippen LogP contribution in [0.15, 0.2) is 70.3 Å². The first-order valence-electron chi connectivity index (χ1n) is 7.81. The molecule has 0 aromatic heterocycles. The van der Waals surface area contributed by atoms with E-state index in [9.17, 15) is 14.7 Å². The first-order valence-corrected chi connectivity index (χ1v) is 8.60. The van der Waals surface area contributed by atoms with E-state index in [2.05, 4.69) is 21.0 Å². The van der Waals surface area contributed by atoms with E-state index in [-0.39, 0.29) is 5.75 Å². The van der Waals surface area contributed by atoms with Crippen LogP contribution >= 0.6 is 15.9 Å². The zero-order chi connectivity index (χ0) is 18.7. The summed E-state index contributed by atoms with van der Waals surface area (Å²) in [5, 5.41) is 24.5. The number of phenols is 1. The maximum absolute atomic E-state index is 12.5. The molecule has 0 bridgehead atoms. The molecule has 1 aliphatic rings. The van der Waals surface area contributed by atoms with E-state index < -0.39 is 17.9 Å². The molecule has 1 atom stereocenters. The van der Waals surface area contributed by atoms with Gasteiger partial charge in [-0.15, -0.1) is 0 Å². The number of hydrazone groups is 1. The summed E-state index contributed by atoms with van der Waals surface area (Å²) < 4.78 is 0.925. The molecule has 1 aliphatic heterocycles. The van der Waals surface area contributed by atoms with Crippen LogP contribution in [0, 0.1) is 0 Å². The highest BCUT2D eigenvalue weighted by Crippen LogP contribution is 2.37.